The van der Waals surface area contributed by atoms with Crippen molar-refractivity contribution in [2.75, 3.05) is 0 Å². The third-order valence-corrected chi connectivity index (χ3v) is 2.04. The van der Waals surface area contributed by atoms with E-state index in [1.54, 1.807) is 0 Å². The molecule has 0 aliphatic rings. The molecule has 0 aromatic carbocycles. The Morgan fingerprint density at radius 1 is 1.38 bits per heavy atom. The van der Waals surface area contributed by atoms with Crippen molar-refractivity contribution >= 4 is 21.2 Å². The minimum atomic E-state index is -4.81. The minimum Gasteiger partial charge on any atom is -0.481 e. The van der Waals surface area contributed by atoms with E-state index in [9.17, 15) is 18.0 Å². The predicted octanol–water partition coefficient (Wildman–Crippen LogP) is -1.41. The lowest BCUT2D eigenvalue weighted by Crippen LogP contribution is -2.36. The number of rotatable bonds is 4. The van der Waals surface area contributed by atoms with E-state index in [1.807, 2.05) is 0 Å². The number of carboxylic acids is 1. The van der Waals surface area contributed by atoms with Crippen LogP contribution in [0, 0.1) is 0 Å². The molecular weight excluding hydrogens is 202 g/mol. The van der Waals surface area contributed by atoms with Crippen LogP contribution in [0.4, 0.5) is 0 Å². The molecule has 0 aliphatic carbocycles. The average Bonchev–Trinajstić information content (AvgIpc) is 1.96. The van der Waals surface area contributed by atoms with Gasteiger partial charge in [-0.25, -0.2) is 0 Å². The van der Waals surface area contributed by atoms with E-state index in [0.717, 1.165) is 0 Å². The van der Waals surface area contributed by atoms with Gasteiger partial charge >= 0.3 is 16.1 Å². The zero-order valence-electron chi connectivity index (χ0n) is 6.50. The molecule has 76 valence electrons. The quantitative estimate of drug-likeness (QED) is 0.486. The summed E-state index contributed by atoms with van der Waals surface area (Å²) >= 11 is 0. The van der Waals surface area contributed by atoms with E-state index < -0.39 is 33.7 Å². The summed E-state index contributed by atoms with van der Waals surface area (Å²) in [4.78, 5) is 20.6. The first-order valence-electron chi connectivity index (χ1n) is 3.24. The molecule has 0 fully saturated rings. The van der Waals surface area contributed by atoms with E-state index in [1.165, 1.54) is 0 Å². The molecule has 0 bridgehead atoms. The second-order valence-electron chi connectivity index (χ2n) is 2.33. The van der Waals surface area contributed by atoms with Crippen molar-refractivity contribution in [3.8, 4) is 0 Å². The molecule has 0 amide bonds. The molecule has 4 N–H and O–H groups in total. The van der Waals surface area contributed by atoms with Crippen LogP contribution < -0.4 is 5.73 Å². The molecule has 0 aliphatic heterocycles. The Bertz CT molecular complexity index is 307. The molecule has 8 heteroatoms. The number of hydrogen-bond acceptors (Lipinski definition) is 5. The van der Waals surface area contributed by atoms with Crippen LogP contribution in [0.15, 0.2) is 0 Å². The van der Waals surface area contributed by atoms with E-state index in [0.29, 0.717) is 0 Å². The van der Waals surface area contributed by atoms with E-state index >= 15 is 0 Å². The van der Waals surface area contributed by atoms with Gasteiger partial charge in [-0.1, -0.05) is 0 Å². The smallest absolute Gasteiger partial charge is 0.330 e. The molecule has 0 saturated carbocycles. The SMILES string of the molecule is N[C@@H](CCC(=O)O)C(=O)S(=O)(=O)O. The lowest BCUT2D eigenvalue weighted by atomic mass is 10.2. The molecule has 0 radical (unpaired) electrons. The Morgan fingerprint density at radius 2 is 1.85 bits per heavy atom. The summed E-state index contributed by atoms with van der Waals surface area (Å²) in [5.74, 6) is -1.20. The van der Waals surface area contributed by atoms with Crippen LogP contribution in [-0.4, -0.2) is 35.2 Å². The monoisotopic (exact) mass is 211 g/mol. The lowest BCUT2D eigenvalue weighted by Gasteiger charge is -2.05. The summed E-state index contributed by atoms with van der Waals surface area (Å²) in [6.45, 7) is 0. The van der Waals surface area contributed by atoms with Gasteiger partial charge in [0.05, 0.1) is 6.04 Å². The number of carboxylic acid groups (broad SMARTS) is 1. The van der Waals surface area contributed by atoms with Gasteiger partial charge < -0.3 is 10.8 Å². The van der Waals surface area contributed by atoms with Gasteiger partial charge in [-0.2, -0.15) is 8.42 Å². The number of carbonyl (C=O) groups excluding carboxylic acids is 1. The average molecular weight is 211 g/mol. The van der Waals surface area contributed by atoms with Gasteiger partial charge in [0.25, 0.3) is 5.12 Å². The van der Waals surface area contributed by atoms with Crippen molar-refractivity contribution in [3.63, 3.8) is 0 Å². The van der Waals surface area contributed by atoms with Crippen molar-refractivity contribution in [3.05, 3.63) is 0 Å². The molecule has 1 atom stereocenters. The summed E-state index contributed by atoms with van der Waals surface area (Å²) in [5.41, 5.74) is 5.00. The molecule has 13 heavy (non-hydrogen) atoms. The zero-order valence-corrected chi connectivity index (χ0v) is 7.32. The van der Waals surface area contributed by atoms with E-state index in [2.05, 4.69) is 0 Å². The lowest BCUT2D eigenvalue weighted by molar-refractivity contribution is -0.137. The second-order valence-corrected chi connectivity index (χ2v) is 3.69. The van der Waals surface area contributed by atoms with E-state index in [4.69, 9.17) is 15.4 Å². The van der Waals surface area contributed by atoms with Gasteiger partial charge in [0, 0.05) is 6.42 Å². The van der Waals surface area contributed by atoms with Crippen molar-refractivity contribution in [2.45, 2.75) is 18.9 Å². The Balaban J connectivity index is 4.21. The van der Waals surface area contributed by atoms with Gasteiger partial charge in [0.1, 0.15) is 0 Å². The first-order chi connectivity index (χ1) is 5.75. The van der Waals surface area contributed by atoms with Crippen LogP contribution in [0.5, 0.6) is 0 Å². The predicted molar refractivity (Wildman–Crippen MR) is 41.4 cm³/mol. The van der Waals surface area contributed by atoms with Gasteiger partial charge in [-0.15, -0.1) is 0 Å². The topological polar surface area (TPSA) is 135 Å². The first kappa shape index (κ1) is 12.0. The van der Waals surface area contributed by atoms with Crippen molar-refractivity contribution in [2.24, 2.45) is 5.73 Å². The third-order valence-electron chi connectivity index (χ3n) is 1.23. The molecule has 0 saturated heterocycles. The first-order valence-corrected chi connectivity index (χ1v) is 4.68. The zero-order chi connectivity index (χ0) is 10.6. The van der Waals surface area contributed by atoms with Crippen LogP contribution in [0.3, 0.4) is 0 Å². The summed E-state index contributed by atoms with van der Waals surface area (Å²) in [5, 5.41) is 6.61. The highest BCUT2D eigenvalue weighted by Gasteiger charge is 2.26. The minimum absolute atomic E-state index is 0.325. The highest BCUT2D eigenvalue weighted by molar-refractivity contribution is 8.01. The molecule has 7 nitrogen and oxygen atoms in total. The normalized spacial score (nSPS) is 13.7. The van der Waals surface area contributed by atoms with Crippen LogP contribution in [0.1, 0.15) is 12.8 Å². The van der Waals surface area contributed by atoms with Crippen molar-refractivity contribution < 1.29 is 27.7 Å². The number of aliphatic carboxylic acids is 1. The summed E-state index contributed by atoms with van der Waals surface area (Å²) < 4.78 is 28.6. The fourth-order valence-electron chi connectivity index (χ4n) is 0.588. The van der Waals surface area contributed by atoms with Crippen molar-refractivity contribution in [1.82, 2.24) is 0 Å². The number of nitrogens with two attached hydrogens (primary N) is 1. The van der Waals surface area contributed by atoms with E-state index in [-0.39, 0.29) is 6.42 Å². The number of carbonyl (C=O) groups is 2. The Morgan fingerprint density at radius 3 is 2.15 bits per heavy atom. The molecule has 0 heterocycles. The number of hydrogen-bond donors (Lipinski definition) is 3. The fourth-order valence-corrected chi connectivity index (χ4v) is 1.09. The van der Waals surface area contributed by atoms with Crippen LogP contribution in [0.2, 0.25) is 0 Å². The van der Waals surface area contributed by atoms with Gasteiger partial charge in [-0.05, 0) is 6.42 Å². The van der Waals surface area contributed by atoms with Gasteiger partial charge in [0.15, 0.2) is 0 Å². The van der Waals surface area contributed by atoms with Gasteiger partial charge in [-0.3, -0.25) is 14.1 Å². The third kappa shape index (κ3) is 4.55. The van der Waals surface area contributed by atoms with Crippen LogP contribution in [-0.2, 0) is 19.7 Å². The molecule has 0 aromatic rings. The van der Waals surface area contributed by atoms with Crippen LogP contribution >= 0.6 is 0 Å². The fraction of sp³-hybridized carbons (Fsp3) is 0.600. The summed E-state index contributed by atoms with van der Waals surface area (Å²) in [6, 6.07) is -1.49. The Labute approximate surface area is 74.3 Å². The molecule has 0 aromatic heterocycles. The molecule has 0 unspecified atom stereocenters. The Kier molecular flexibility index (Phi) is 3.98. The highest BCUT2D eigenvalue weighted by atomic mass is 32.2. The summed E-state index contributed by atoms with van der Waals surface area (Å²) in [6.07, 6.45) is -0.754. The van der Waals surface area contributed by atoms with Crippen LogP contribution in [0.25, 0.3) is 0 Å². The largest absolute Gasteiger partial charge is 0.481 e. The van der Waals surface area contributed by atoms with Gasteiger partial charge in [0.2, 0.25) is 0 Å². The molecule has 0 spiro atoms. The van der Waals surface area contributed by atoms with Crippen molar-refractivity contribution in [1.29, 1.82) is 0 Å². The molecule has 0 rings (SSSR count). The maximum Gasteiger partial charge on any atom is 0.330 e. The highest BCUT2D eigenvalue weighted by Crippen LogP contribution is 1.99. The standard InChI is InChI=1S/C5H9NO6S/c6-3(1-2-4(7)8)5(9)13(10,11)12/h3H,1-2,6H2,(H,7,8)(H,10,11,12)/t3-/m0/s1. The maximum absolute atomic E-state index is 10.6. The second kappa shape index (κ2) is 4.30. The molecular formula is C5H9NO6S. The summed E-state index contributed by atoms with van der Waals surface area (Å²) in [7, 11) is -4.81. The maximum atomic E-state index is 10.6. The Hall–Kier alpha value is -0.990.